The summed E-state index contributed by atoms with van der Waals surface area (Å²) < 4.78 is 17.3. The molecule has 5 rings (SSSR count). The number of nitrogens with two attached hydrogens (primary N) is 1. The maximum atomic E-state index is 6.20. The number of nitrogens with zero attached hydrogens (tertiary/aromatic N) is 2. The lowest BCUT2D eigenvalue weighted by Gasteiger charge is -2.22. The number of aryl methyl sites for hydroxylation is 1. The molecule has 3 aromatic rings. The second kappa shape index (κ2) is 6.65. The molecule has 1 aromatic heterocycles. The van der Waals surface area contributed by atoms with E-state index in [1.807, 2.05) is 18.2 Å². The first-order chi connectivity index (χ1) is 13.2. The van der Waals surface area contributed by atoms with Crippen molar-refractivity contribution in [2.24, 2.45) is 5.73 Å². The zero-order chi connectivity index (χ0) is 18.4. The first-order valence-electron chi connectivity index (χ1n) is 8.97. The Bertz CT molecular complexity index is 1020. The smallest absolute Gasteiger partial charge is 0.257 e. The van der Waals surface area contributed by atoms with E-state index in [-0.39, 0.29) is 12.8 Å². The van der Waals surface area contributed by atoms with Gasteiger partial charge in [-0.3, -0.25) is 0 Å². The van der Waals surface area contributed by atoms with Crippen molar-refractivity contribution in [3.05, 3.63) is 57.3 Å². The van der Waals surface area contributed by atoms with Gasteiger partial charge in [-0.2, -0.15) is 4.98 Å². The van der Waals surface area contributed by atoms with Crippen LogP contribution in [0.5, 0.6) is 11.5 Å². The fraction of sp³-hybridized carbons (Fsp3) is 0.300. The molecule has 1 aliphatic carbocycles. The van der Waals surface area contributed by atoms with Crippen molar-refractivity contribution in [2.45, 2.75) is 31.7 Å². The fourth-order valence-electron chi connectivity index (χ4n) is 3.69. The second-order valence-electron chi connectivity index (χ2n) is 6.90. The first kappa shape index (κ1) is 16.8. The van der Waals surface area contributed by atoms with Crippen LogP contribution in [0.1, 0.15) is 41.4 Å². The summed E-state index contributed by atoms with van der Waals surface area (Å²) in [6.45, 7) is 0.250. The maximum Gasteiger partial charge on any atom is 0.257 e. The number of ether oxygens (including phenoxy) is 2. The van der Waals surface area contributed by atoms with Crippen LogP contribution >= 0.6 is 15.9 Å². The third-order valence-electron chi connectivity index (χ3n) is 5.11. The summed E-state index contributed by atoms with van der Waals surface area (Å²) in [6, 6.07) is 10.2. The third kappa shape index (κ3) is 3.11. The molecule has 2 heterocycles. The predicted molar refractivity (Wildman–Crippen MR) is 103 cm³/mol. The van der Waals surface area contributed by atoms with Crippen LogP contribution in [-0.2, 0) is 12.8 Å². The van der Waals surface area contributed by atoms with Gasteiger partial charge in [-0.05, 0) is 60.2 Å². The highest BCUT2D eigenvalue weighted by Gasteiger charge is 2.20. The summed E-state index contributed by atoms with van der Waals surface area (Å²) >= 11 is 3.57. The molecular weight excluding hydrogens is 410 g/mol. The first-order valence-corrected chi connectivity index (χ1v) is 9.76. The summed E-state index contributed by atoms with van der Waals surface area (Å²) in [5.41, 5.74) is 10.7. The zero-order valence-electron chi connectivity index (χ0n) is 14.6. The van der Waals surface area contributed by atoms with Crippen molar-refractivity contribution in [2.75, 3.05) is 6.79 Å². The highest BCUT2D eigenvalue weighted by molar-refractivity contribution is 9.10. The molecule has 27 heavy (non-hydrogen) atoms. The van der Waals surface area contributed by atoms with Crippen molar-refractivity contribution in [1.29, 1.82) is 0 Å². The Morgan fingerprint density at radius 1 is 1.15 bits per heavy atom. The van der Waals surface area contributed by atoms with Crippen LogP contribution in [0, 0.1) is 0 Å². The van der Waals surface area contributed by atoms with Gasteiger partial charge in [-0.25, -0.2) is 0 Å². The molecule has 2 aromatic carbocycles. The van der Waals surface area contributed by atoms with Crippen LogP contribution in [0.3, 0.4) is 0 Å². The van der Waals surface area contributed by atoms with Gasteiger partial charge in [-0.15, -0.1) is 0 Å². The summed E-state index contributed by atoms with van der Waals surface area (Å²) in [4.78, 5) is 4.58. The normalized spacial score (nSPS) is 17.8. The molecule has 0 saturated carbocycles. The SMILES string of the molecule is NC1CCCc2cc(-c3nc(Cc4cc5c(cc4Br)OCO5)no3)ccc21. The molecule has 7 heteroatoms. The van der Waals surface area contributed by atoms with Crippen LogP contribution in [0.15, 0.2) is 39.3 Å². The summed E-state index contributed by atoms with van der Waals surface area (Å²) in [5, 5.41) is 4.15. The topological polar surface area (TPSA) is 83.4 Å². The van der Waals surface area contributed by atoms with Gasteiger partial charge >= 0.3 is 0 Å². The van der Waals surface area contributed by atoms with Crippen molar-refractivity contribution < 1.29 is 14.0 Å². The molecule has 6 nitrogen and oxygen atoms in total. The Hall–Kier alpha value is -2.38. The number of aromatic nitrogens is 2. The Morgan fingerprint density at radius 3 is 2.89 bits per heavy atom. The standard InChI is InChI=1S/C20H18BrN3O3/c21-15-9-18-17(25-10-26-18)7-13(15)8-19-23-20(27-24-19)12-4-5-14-11(6-12)2-1-3-16(14)22/h4-7,9,16H,1-3,8,10,22H2. The number of rotatable bonds is 3. The monoisotopic (exact) mass is 427 g/mol. The van der Waals surface area contributed by atoms with E-state index in [0.717, 1.165) is 46.4 Å². The van der Waals surface area contributed by atoms with E-state index in [0.29, 0.717) is 18.1 Å². The molecule has 0 saturated heterocycles. The maximum absolute atomic E-state index is 6.20. The van der Waals surface area contributed by atoms with Gasteiger partial charge < -0.3 is 19.7 Å². The van der Waals surface area contributed by atoms with E-state index in [1.54, 1.807) is 0 Å². The summed E-state index contributed by atoms with van der Waals surface area (Å²) in [7, 11) is 0. The molecule has 138 valence electrons. The molecule has 0 spiro atoms. The van der Waals surface area contributed by atoms with E-state index >= 15 is 0 Å². The van der Waals surface area contributed by atoms with E-state index in [9.17, 15) is 0 Å². The Labute approximate surface area is 164 Å². The fourth-order valence-corrected chi connectivity index (χ4v) is 4.16. The van der Waals surface area contributed by atoms with Gasteiger partial charge in [0.05, 0.1) is 0 Å². The quantitative estimate of drug-likeness (QED) is 0.675. The zero-order valence-corrected chi connectivity index (χ0v) is 16.2. The van der Waals surface area contributed by atoms with Crippen LogP contribution < -0.4 is 15.2 Å². The van der Waals surface area contributed by atoms with Crippen LogP contribution in [-0.4, -0.2) is 16.9 Å². The molecule has 0 amide bonds. The summed E-state index contributed by atoms with van der Waals surface area (Å²) in [6.07, 6.45) is 3.74. The minimum absolute atomic E-state index is 0.129. The van der Waals surface area contributed by atoms with E-state index in [2.05, 4.69) is 38.2 Å². The summed E-state index contributed by atoms with van der Waals surface area (Å²) in [5.74, 6) is 2.64. The van der Waals surface area contributed by atoms with Crippen molar-refractivity contribution in [1.82, 2.24) is 10.1 Å². The molecule has 0 fully saturated rings. The molecule has 1 atom stereocenters. The molecule has 2 N–H and O–H groups in total. The highest BCUT2D eigenvalue weighted by Crippen LogP contribution is 2.37. The van der Waals surface area contributed by atoms with Gasteiger partial charge in [0.2, 0.25) is 6.79 Å². The van der Waals surface area contributed by atoms with Crippen LogP contribution in [0.25, 0.3) is 11.5 Å². The Morgan fingerprint density at radius 2 is 2.00 bits per heavy atom. The molecule has 0 radical (unpaired) electrons. The van der Waals surface area contributed by atoms with Gasteiger partial charge in [0.25, 0.3) is 5.89 Å². The molecular formula is C20H18BrN3O3. The average molecular weight is 428 g/mol. The van der Waals surface area contributed by atoms with E-state index < -0.39 is 0 Å². The lowest BCUT2D eigenvalue weighted by molar-refractivity contribution is 0.174. The van der Waals surface area contributed by atoms with Gasteiger partial charge in [0, 0.05) is 22.5 Å². The van der Waals surface area contributed by atoms with E-state index in [1.165, 1.54) is 11.1 Å². The second-order valence-corrected chi connectivity index (χ2v) is 7.76. The lowest BCUT2D eigenvalue weighted by Crippen LogP contribution is -2.17. The molecule has 2 aliphatic rings. The number of fused-ring (bicyclic) bond motifs is 2. The molecule has 1 aliphatic heterocycles. The van der Waals surface area contributed by atoms with Crippen molar-refractivity contribution in [3.8, 4) is 23.0 Å². The van der Waals surface area contributed by atoms with Gasteiger partial charge in [0.15, 0.2) is 17.3 Å². The largest absolute Gasteiger partial charge is 0.454 e. The van der Waals surface area contributed by atoms with Crippen LogP contribution in [0.4, 0.5) is 0 Å². The Kier molecular flexibility index (Phi) is 4.13. The third-order valence-corrected chi connectivity index (χ3v) is 5.85. The minimum atomic E-state index is 0.129. The van der Waals surface area contributed by atoms with Crippen LogP contribution in [0.2, 0.25) is 0 Å². The lowest BCUT2D eigenvalue weighted by atomic mass is 9.87. The molecule has 0 bridgehead atoms. The highest BCUT2D eigenvalue weighted by atomic mass is 79.9. The van der Waals surface area contributed by atoms with Crippen molar-refractivity contribution >= 4 is 15.9 Å². The number of halogens is 1. The van der Waals surface area contributed by atoms with Crippen molar-refractivity contribution in [3.63, 3.8) is 0 Å². The van der Waals surface area contributed by atoms with E-state index in [4.69, 9.17) is 19.7 Å². The van der Waals surface area contributed by atoms with Gasteiger partial charge in [-0.1, -0.05) is 27.2 Å². The minimum Gasteiger partial charge on any atom is -0.454 e. The predicted octanol–water partition coefficient (Wildman–Crippen LogP) is 4.15. The number of hydrogen-bond acceptors (Lipinski definition) is 6. The average Bonchev–Trinajstić information content (AvgIpc) is 3.31. The number of hydrogen-bond donors (Lipinski definition) is 1. The number of benzene rings is 2. The Balaban J connectivity index is 1.41. The van der Waals surface area contributed by atoms with Gasteiger partial charge in [0.1, 0.15) is 0 Å². The molecule has 1 unspecified atom stereocenters.